The average Bonchev–Trinajstić information content (AvgIpc) is 3.26. The average molecular weight is 382 g/mol. The van der Waals surface area contributed by atoms with Crippen LogP contribution in [0.1, 0.15) is 39.3 Å². The Bertz CT molecular complexity index is 885. The number of nitrogens with one attached hydrogen (secondary N) is 1. The summed E-state index contributed by atoms with van der Waals surface area (Å²) in [5.74, 6) is 0.298. The van der Waals surface area contributed by atoms with E-state index in [9.17, 15) is 9.59 Å². The molecule has 1 aromatic heterocycles. The van der Waals surface area contributed by atoms with E-state index in [1.54, 1.807) is 24.0 Å². The molecule has 3 heterocycles. The van der Waals surface area contributed by atoms with Crippen molar-refractivity contribution in [3.8, 4) is 0 Å². The Hall–Kier alpha value is -2.67. The Labute approximate surface area is 164 Å². The van der Waals surface area contributed by atoms with Crippen molar-refractivity contribution in [3.63, 3.8) is 0 Å². The van der Waals surface area contributed by atoms with Crippen LogP contribution < -0.4 is 5.32 Å². The van der Waals surface area contributed by atoms with Crippen LogP contribution in [0.3, 0.4) is 0 Å². The second-order valence-electron chi connectivity index (χ2n) is 7.81. The Balaban J connectivity index is 1.30. The molecule has 2 aliphatic rings. The van der Waals surface area contributed by atoms with Gasteiger partial charge in [-0.3, -0.25) is 14.3 Å². The quantitative estimate of drug-likeness (QED) is 0.855. The fourth-order valence-electron chi connectivity index (χ4n) is 4.29. The van der Waals surface area contributed by atoms with Gasteiger partial charge in [0.1, 0.15) is 11.3 Å². The second-order valence-corrected chi connectivity index (χ2v) is 7.81. The molecule has 148 valence electrons. The number of aromatic nitrogens is 2. The molecule has 2 fully saturated rings. The van der Waals surface area contributed by atoms with Crippen LogP contribution in [-0.4, -0.2) is 58.3 Å². The number of amides is 2. The van der Waals surface area contributed by atoms with Gasteiger partial charge >= 0.3 is 0 Å². The van der Waals surface area contributed by atoms with Gasteiger partial charge in [0, 0.05) is 32.0 Å². The van der Waals surface area contributed by atoms with Crippen LogP contribution in [-0.2, 0) is 11.8 Å². The molecule has 1 atom stereocenters. The second kappa shape index (κ2) is 7.39. The number of benzene rings is 1. The highest BCUT2D eigenvalue weighted by Gasteiger charge is 2.54. The number of carbonyl (C=O) groups is 2. The first-order valence-corrected chi connectivity index (χ1v) is 9.75. The molecule has 0 radical (unpaired) electrons. The van der Waals surface area contributed by atoms with Gasteiger partial charge in [-0.15, -0.1) is 0 Å². The van der Waals surface area contributed by atoms with Gasteiger partial charge in [0.2, 0.25) is 0 Å². The molecular weight excluding hydrogens is 356 g/mol. The Kier molecular flexibility index (Phi) is 4.93. The van der Waals surface area contributed by atoms with E-state index in [0.29, 0.717) is 37.9 Å². The fraction of sp³-hybridized carbons (Fsp3) is 0.476. The van der Waals surface area contributed by atoms with Crippen LogP contribution in [0, 0.1) is 12.8 Å². The number of carbonyl (C=O) groups excluding carboxylic acids is 2. The van der Waals surface area contributed by atoms with E-state index in [1.807, 2.05) is 36.1 Å². The maximum absolute atomic E-state index is 12.7. The van der Waals surface area contributed by atoms with Crippen LogP contribution in [0.5, 0.6) is 0 Å². The van der Waals surface area contributed by atoms with Crippen molar-refractivity contribution in [1.29, 1.82) is 0 Å². The monoisotopic (exact) mass is 382 g/mol. The summed E-state index contributed by atoms with van der Waals surface area (Å²) in [5.41, 5.74) is 2.11. The summed E-state index contributed by atoms with van der Waals surface area (Å²) >= 11 is 0. The normalized spacial score (nSPS) is 20.2. The van der Waals surface area contributed by atoms with E-state index in [4.69, 9.17) is 4.74 Å². The highest BCUT2D eigenvalue weighted by Crippen LogP contribution is 2.42. The van der Waals surface area contributed by atoms with Crippen molar-refractivity contribution in [2.75, 3.05) is 26.2 Å². The molecule has 0 unspecified atom stereocenters. The molecule has 2 aliphatic heterocycles. The number of ether oxygens (including phenoxy) is 1. The van der Waals surface area contributed by atoms with Crippen molar-refractivity contribution in [3.05, 3.63) is 53.3 Å². The van der Waals surface area contributed by atoms with Crippen molar-refractivity contribution < 1.29 is 14.3 Å². The SMILES string of the molecule is Cc1cccc(C(=O)N2CC3(C2)OCC[C@@H]3CCNC(=O)c2ccnn2C)c1. The lowest BCUT2D eigenvalue weighted by Crippen LogP contribution is -2.66. The molecule has 0 saturated carbocycles. The first-order valence-electron chi connectivity index (χ1n) is 9.75. The number of aryl methyl sites for hydroxylation is 2. The Morgan fingerprint density at radius 3 is 2.86 bits per heavy atom. The maximum Gasteiger partial charge on any atom is 0.269 e. The molecule has 7 nitrogen and oxygen atoms in total. The third-order valence-electron chi connectivity index (χ3n) is 5.90. The molecule has 2 amide bonds. The smallest absolute Gasteiger partial charge is 0.269 e. The van der Waals surface area contributed by atoms with Crippen LogP contribution in [0.15, 0.2) is 36.5 Å². The number of hydrogen-bond donors (Lipinski definition) is 1. The molecular formula is C21H26N4O3. The van der Waals surface area contributed by atoms with Gasteiger partial charge in [0.25, 0.3) is 11.8 Å². The lowest BCUT2D eigenvalue weighted by atomic mass is 9.78. The van der Waals surface area contributed by atoms with Crippen LogP contribution in [0.2, 0.25) is 0 Å². The van der Waals surface area contributed by atoms with Crippen molar-refractivity contribution in [1.82, 2.24) is 20.0 Å². The summed E-state index contributed by atoms with van der Waals surface area (Å²) in [6.45, 7) is 4.54. The predicted molar refractivity (Wildman–Crippen MR) is 104 cm³/mol. The lowest BCUT2D eigenvalue weighted by Gasteiger charge is -2.50. The first-order chi connectivity index (χ1) is 13.5. The lowest BCUT2D eigenvalue weighted by molar-refractivity contribution is -0.117. The minimum Gasteiger partial charge on any atom is -0.371 e. The molecule has 2 saturated heterocycles. The molecule has 1 spiro atoms. The third-order valence-corrected chi connectivity index (χ3v) is 5.90. The first kappa shape index (κ1) is 18.7. The molecule has 4 rings (SSSR count). The summed E-state index contributed by atoms with van der Waals surface area (Å²) in [6, 6.07) is 9.40. The van der Waals surface area contributed by atoms with Crippen molar-refractivity contribution in [2.24, 2.45) is 13.0 Å². The Morgan fingerprint density at radius 2 is 2.14 bits per heavy atom. The molecule has 7 heteroatoms. The summed E-state index contributed by atoms with van der Waals surface area (Å²) in [5, 5.41) is 6.99. The molecule has 28 heavy (non-hydrogen) atoms. The molecule has 0 aliphatic carbocycles. The van der Waals surface area contributed by atoms with Gasteiger partial charge in [-0.1, -0.05) is 17.7 Å². The minimum atomic E-state index is -0.253. The molecule has 2 aromatic rings. The maximum atomic E-state index is 12.7. The summed E-state index contributed by atoms with van der Waals surface area (Å²) < 4.78 is 7.62. The molecule has 0 bridgehead atoms. The Morgan fingerprint density at radius 1 is 1.32 bits per heavy atom. The fourth-order valence-corrected chi connectivity index (χ4v) is 4.29. The van der Waals surface area contributed by atoms with Gasteiger partial charge in [0.15, 0.2) is 0 Å². The summed E-state index contributed by atoms with van der Waals surface area (Å²) in [6.07, 6.45) is 3.42. The third kappa shape index (κ3) is 3.42. The summed E-state index contributed by atoms with van der Waals surface area (Å²) in [4.78, 5) is 26.8. The molecule has 1 aromatic carbocycles. The van der Waals surface area contributed by atoms with Crippen molar-refractivity contribution >= 4 is 11.8 Å². The summed E-state index contributed by atoms with van der Waals surface area (Å²) in [7, 11) is 1.75. The highest BCUT2D eigenvalue weighted by atomic mass is 16.5. The molecule has 1 N–H and O–H groups in total. The van der Waals surface area contributed by atoms with Gasteiger partial charge in [-0.2, -0.15) is 5.10 Å². The zero-order valence-electron chi connectivity index (χ0n) is 16.4. The highest BCUT2D eigenvalue weighted by molar-refractivity contribution is 5.95. The predicted octanol–water partition coefficient (Wildman–Crippen LogP) is 1.78. The van der Waals surface area contributed by atoms with Gasteiger partial charge in [-0.05, 0) is 43.9 Å². The van der Waals surface area contributed by atoms with E-state index in [0.717, 1.165) is 24.0 Å². The van der Waals surface area contributed by atoms with Gasteiger partial charge < -0.3 is 15.0 Å². The van der Waals surface area contributed by atoms with Crippen LogP contribution >= 0.6 is 0 Å². The largest absolute Gasteiger partial charge is 0.371 e. The zero-order valence-corrected chi connectivity index (χ0v) is 16.4. The zero-order chi connectivity index (χ0) is 19.7. The van der Waals surface area contributed by atoms with Gasteiger partial charge in [0.05, 0.1) is 13.1 Å². The van der Waals surface area contributed by atoms with Crippen molar-refractivity contribution in [2.45, 2.75) is 25.4 Å². The standard InChI is InChI=1S/C21H26N4O3/c1-15-4-3-5-16(12-15)20(27)25-13-21(14-25)17(8-11-28-21)6-9-22-19(26)18-7-10-23-24(18)2/h3-5,7,10,12,17H,6,8-9,11,13-14H2,1-2H3,(H,22,26)/t17-/m0/s1. The van der Waals surface area contributed by atoms with E-state index in [2.05, 4.69) is 10.4 Å². The minimum absolute atomic E-state index is 0.0630. The van der Waals surface area contributed by atoms with E-state index >= 15 is 0 Å². The number of likely N-dealkylation sites (tertiary alicyclic amines) is 1. The van der Waals surface area contributed by atoms with E-state index < -0.39 is 0 Å². The number of hydrogen-bond acceptors (Lipinski definition) is 4. The van der Waals surface area contributed by atoms with Gasteiger partial charge in [-0.25, -0.2) is 0 Å². The van der Waals surface area contributed by atoms with E-state index in [1.165, 1.54) is 0 Å². The van der Waals surface area contributed by atoms with E-state index in [-0.39, 0.29) is 17.4 Å². The topological polar surface area (TPSA) is 76.5 Å². The van der Waals surface area contributed by atoms with Crippen LogP contribution in [0.25, 0.3) is 0 Å². The number of rotatable bonds is 5. The van der Waals surface area contributed by atoms with Crippen LogP contribution in [0.4, 0.5) is 0 Å². The number of nitrogens with zero attached hydrogens (tertiary/aromatic N) is 3.